The summed E-state index contributed by atoms with van der Waals surface area (Å²) >= 11 is 0. The smallest absolute Gasteiger partial charge is 0.255 e. The highest BCUT2D eigenvalue weighted by atomic mass is 32.2. The normalized spacial score (nSPS) is 13.8. The van der Waals surface area contributed by atoms with Crippen LogP contribution in [-0.4, -0.2) is 39.9 Å². The average molecular weight is 402 g/mol. The molecule has 0 spiro atoms. The topological polar surface area (TPSA) is 100 Å². The molecule has 1 amide bonds. The number of sulfonamides is 1. The maximum Gasteiger partial charge on any atom is 0.255 e. The largest absolute Gasteiger partial charge is 0.494 e. The summed E-state index contributed by atoms with van der Waals surface area (Å²) in [7, 11) is -2.01. The second-order valence-electron chi connectivity index (χ2n) is 6.50. The molecule has 0 aromatic heterocycles. The van der Waals surface area contributed by atoms with Gasteiger partial charge >= 0.3 is 0 Å². The minimum atomic E-state index is -3.43. The lowest BCUT2D eigenvalue weighted by Crippen LogP contribution is -2.14. The van der Waals surface area contributed by atoms with Gasteiger partial charge in [-0.2, -0.15) is 5.10 Å². The number of carbonyl (C=O) groups excluding carboxylic acids is 1. The standard InChI is InChI=1S/C19H22N4O4S/c1-13-10-11-23(21-13)16-7-4-14(5-8-16)19(24)20-15-6-9-17(18(12-15)27-2)22-28(3,25)26/h4-9,12,22H,10-11H2,1-3H3,(H,20,24). The van der Waals surface area contributed by atoms with E-state index in [0.29, 0.717) is 22.7 Å². The van der Waals surface area contributed by atoms with Crippen molar-refractivity contribution < 1.29 is 17.9 Å². The monoisotopic (exact) mass is 402 g/mol. The molecule has 1 aliphatic heterocycles. The predicted octanol–water partition coefficient (Wildman–Crippen LogP) is 2.91. The maximum atomic E-state index is 12.5. The molecule has 8 nitrogen and oxygen atoms in total. The fourth-order valence-corrected chi connectivity index (χ4v) is 3.37. The number of nitrogens with one attached hydrogen (secondary N) is 2. The molecule has 2 N–H and O–H groups in total. The van der Waals surface area contributed by atoms with Crippen molar-refractivity contribution in [1.29, 1.82) is 0 Å². The van der Waals surface area contributed by atoms with Crippen LogP contribution in [0.2, 0.25) is 0 Å². The number of benzene rings is 2. The van der Waals surface area contributed by atoms with Gasteiger partial charge in [-0.05, 0) is 43.3 Å². The Balaban J connectivity index is 1.72. The molecule has 0 atom stereocenters. The summed E-state index contributed by atoms with van der Waals surface area (Å²) in [6.45, 7) is 2.83. The molecule has 148 valence electrons. The Kier molecular flexibility index (Phi) is 5.55. The van der Waals surface area contributed by atoms with Crippen LogP contribution >= 0.6 is 0 Å². The molecule has 0 radical (unpaired) electrons. The molecule has 3 rings (SSSR count). The Morgan fingerprint density at radius 3 is 2.46 bits per heavy atom. The fourth-order valence-electron chi connectivity index (χ4n) is 2.80. The van der Waals surface area contributed by atoms with Gasteiger partial charge in [-0.15, -0.1) is 0 Å². The SMILES string of the molecule is COc1cc(NC(=O)c2ccc(N3CCC(C)=N3)cc2)ccc1NS(C)(=O)=O. The van der Waals surface area contributed by atoms with Gasteiger partial charge in [-0.3, -0.25) is 14.5 Å². The molecule has 0 unspecified atom stereocenters. The maximum absolute atomic E-state index is 12.5. The minimum Gasteiger partial charge on any atom is -0.494 e. The van der Waals surface area contributed by atoms with E-state index >= 15 is 0 Å². The number of hydrazone groups is 1. The van der Waals surface area contributed by atoms with Gasteiger partial charge < -0.3 is 10.1 Å². The van der Waals surface area contributed by atoms with Crippen LogP contribution in [0.1, 0.15) is 23.7 Å². The molecule has 2 aromatic carbocycles. The molecule has 1 aliphatic rings. The predicted molar refractivity (Wildman–Crippen MR) is 111 cm³/mol. The van der Waals surface area contributed by atoms with Crippen LogP contribution in [0.25, 0.3) is 0 Å². The van der Waals surface area contributed by atoms with Crippen LogP contribution in [0, 0.1) is 0 Å². The average Bonchev–Trinajstić information content (AvgIpc) is 3.08. The number of rotatable bonds is 6. The van der Waals surface area contributed by atoms with Gasteiger partial charge in [0.2, 0.25) is 10.0 Å². The molecule has 1 heterocycles. The molecule has 0 saturated heterocycles. The molecule has 0 bridgehead atoms. The van der Waals surface area contributed by atoms with Gasteiger partial charge in [0.15, 0.2) is 0 Å². The second-order valence-corrected chi connectivity index (χ2v) is 8.25. The number of methoxy groups -OCH3 is 1. The second kappa shape index (κ2) is 7.89. The molecule has 0 saturated carbocycles. The van der Waals surface area contributed by atoms with Crippen LogP contribution in [0.4, 0.5) is 17.1 Å². The zero-order valence-electron chi connectivity index (χ0n) is 15.9. The van der Waals surface area contributed by atoms with Gasteiger partial charge in [-0.1, -0.05) is 0 Å². The Morgan fingerprint density at radius 2 is 1.89 bits per heavy atom. The van der Waals surface area contributed by atoms with Gasteiger partial charge in [0.25, 0.3) is 5.91 Å². The van der Waals surface area contributed by atoms with Gasteiger partial charge in [0.05, 0.1) is 24.7 Å². The van der Waals surface area contributed by atoms with E-state index in [1.54, 1.807) is 24.3 Å². The number of amides is 1. The van der Waals surface area contributed by atoms with E-state index in [2.05, 4.69) is 15.1 Å². The first-order valence-electron chi connectivity index (χ1n) is 8.64. The van der Waals surface area contributed by atoms with Crippen LogP contribution < -0.4 is 19.8 Å². The highest BCUT2D eigenvalue weighted by Gasteiger charge is 2.14. The number of ether oxygens (including phenoxy) is 1. The van der Waals surface area contributed by atoms with Crippen molar-refractivity contribution in [3.05, 3.63) is 48.0 Å². The lowest BCUT2D eigenvalue weighted by Gasteiger charge is -2.14. The van der Waals surface area contributed by atoms with E-state index in [0.717, 1.165) is 30.6 Å². The van der Waals surface area contributed by atoms with E-state index < -0.39 is 10.0 Å². The third-order valence-electron chi connectivity index (χ3n) is 4.16. The number of nitrogens with zero attached hydrogens (tertiary/aromatic N) is 2. The number of hydrogen-bond donors (Lipinski definition) is 2. The third-order valence-corrected chi connectivity index (χ3v) is 4.75. The summed E-state index contributed by atoms with van der Waals surface area (Å²) in [5.41, 5.74) is 3.32. The Morgan fingerprint density at radius 1 is 1.18 bits per heavy atom. The molecule has 0 aliphatic carbocycles. The van der Waals surface area contributed by atoms with Crippen molar-refractivity contribution in [3.63, 3.8) is 0 Å². The molecular formula is C19H22N4O4S. The summed E-state index contributed by atoms with van der Waals surface area (Å²) in [5, 5.41) is 9.13. The van der Waals surface area contributed by atoms with Gasteiger partial charge in [-0.25, -0.2) is 8.42 Å². The quantitative estimate of drug-likeness (QED) is 0.774. The molecular weight excluding hydrogens is 380 g/mol. The van der Waals surface area contributed by atoms with Crippen LogP contribution in [0.15, 0.2) is 47.6 Å². The molecule has 9 heteroatoms. The number of hydrogen-bond acceptors (Lipinski definition) is 6. The van der Waals surface area contributed by atoms with E-state index in [-0.39, 0.29) is 5.91 Å². The first kappa shape index (κ1) is 19.7. The van der Waals surface area contributed by atoms with Crippen molar-refractivity contribution in [2.45, 2.75) is 13.3 Å². The summed E-state index contributed by atoms with van der Waals surface area (Å²) in [5.74, 6) is 0.0272. The van der Waals surface area contributed by atoms with Crippen molar-refractivity contribution >= 4 is 38.7 Å². The van der Waals surface area contributed by atoms with Crippen molar-refractivity contribution in [2.75, 3.05) is 35.0 Å². The highest BCUT2D eigenvalue weighted by molar-refractivity contribution is 7.92. The zero-order valence-corrected chi connectivity index (χ0v) is 16.7. The first-order chi connectivity index (χ1) is 13.2. The van der Waals surface area contributed by atoms with Crippen molar-refractivity contribution in [1.82, 2.24) is 0 Å². The van der Waals surface area contributed by atoms with Crippen LogP contribution in [0.5, 0.6) is 5.75 Å². The Labute approximate surface area is 164 Å². The lowest BCUT2D eigenvalue weighted by atomic mass is 10.1. The first-order valence-corrected chi connectivity index (χ1v) is 10.5. The summed E-state index contributed by atoms with van der Waals surface area (Å²) in [6, 6.07) is 11.9. The van der Waals surface area contributed by atoms with Crippen LogP contribution in [-0.2, 0) is 10.0 Å². The van der Waals surface area contributed by atoms with Crippen LogP contribution in [0.3, 0.4) is 0 Å². The Hall–Kier alpha value is -3.07. The lowest BCUT2D eigenvalue weighted by molar-refractivity contribution is 0.102. The Bertz CT molecular complexity index is 1020. The van der Waals surface area contributed by atoms with Gasteiger partial charge in [0.1, 0.15) is 5.75 Å². The van der Waals surface area contributed by atoms with Gasteiger partial charge in [0, 0.05) is 36.0 Å². The minimum absolute atomic E-state index is 0.279. The molecule has 0 fully saturated rings. The third kappa shape index (κ3) is 4.80. The number of anilines is 3. The van der Waals surface area contributed by atoms with Crippen molar-refractivity contribution in [2.24, 2.45) is 5.10 Å². The summed E-state index contributed by atoms with van der Waals surface area (Å²) < 4.78 is 30.4. The molecule has 2 aromatic rings. The van der Waals surface area contributed by atoms with E-state index in [9.17, 15) is 13.2 Å². The number of carbonyl (C=O) groups is 1. The van der Waals surface area contributed by atoms with E-state index in [1.807, 2.05) is 24.1 Å². The van der Waals surface area contributed by atoms with E-state index in [4.69, 9.17) is 4.74 Å². The molecule has 28 heavy (non-hydrogen) atoms. The zero-order chi connectivity index (χ0) is 20.3. The highest BCUT2D eigenvalue weighted by Crippen LogP contribution is 2.29. The van der Waals surface area contributed by atoms with E-state index in [1.165, 1.54) is 13.2 Å². The summed E-state index contributed by atoms with van der Waals surface area (Å²) in [6.07, 6.45) is 1.99. The summed E-state index contributed by atoms with van der Waals surface area (Å²) in [4.78, 5) is 12.5. The fraction of sp³-hybridized carbons (Fsp3) is 0.263. The van der Waals surface area contributed by atoms with Crippen molar-refractivity contribution in [3.8, 4) is 5.75 Å².